The van der Waals surface area contributed by atoms with Gasteiger partial charge in [-0.15, -0.1) is 0 Å². The fourth-order valence-corrected chi connectivity index (χ4v) is 7.96. The van der Waals surface area contributed by atoms with Crippen LogP contribution in [-0.2, 0) is 0 Å². The van der Waals surface area contributed by atoms with Gasteiger partial charge in [-0.05, 0) is 117 Å². The molecule has 0 N–H and O–H groups in total. The molecule has 55 heavy (non-hydrogen) atoms. The maximum Gasteiger partial charge on any atom is 0.227 e. The van der Waals surface area contributed by atoms with E-state index >= 15 is 0 Å². The molecule has 262 valence electrons. The Balaban J connectivity index is 1.12. The molecule has 0 fully saturated rings. The first-order valence-electron chi connectivity index (χ1n) is 19.0. The van der Waals surface area contributed by atoms with Gasteiger partial charge in [0.15, 0.2) is 5.58 Å². The summed E-state index contributed by atoms with van der Waals surface area (Å²) in [5.41, 5.74) is 13.1. The quantitative estimate of drug-likeness (QED) is 0.165. The van der Waals surface area contributed by atoms with E-state index in [9.17, 15) is 0 Å². The van der Waals surface area contributed by atoms with Crippen LogP contribution in [0.5, 0.6) is 0 Å². The van der Waals surface area contributed by atoms with Crippen LogP contribution in [0, 0.1) is 5.92 Å². The lowest BCUT2D eigenvalue weighted by molar-refractivity contribution is 0.623. The van der Waals surface area contributed by atoms with Crippen LogP contribution in [0.2, 0.25) is 0 Å². The number of rotatable bonds is 7. The molecule has 1 aliphatic carbocycles. The molecule has 1 unspecified atom stereocenters. The number of aromatic nitrogens is 1. The molecule has 0 saturated heterocycles. The van der Waals surface area contributed by atoms with Crippen LogP contribution in [0.25, 0.3) is 77.5 Å². The van der Waals surface area contributed by atoms with E-state index in [1.807, 2.05) is 30.3 Å². The van der Waals surface area contributed by atoms with E-state index < -0.39 is 0 Å². The first-order valence-corrected chi connectivity index (χ1v) is 19.0. The van der Waals surface area contributed by atoms with Crippen LogP contribution < -0.4 is 4.90 Å². The van der Waals surface area contributed by atoms with Crippen LogP contribution in [0.15, 0.2) is 204 Å². The molecule has 0 spiro atoms. The molecule has 0 bridgehead atoms. The van der Waals surface area contributed by atoms with Gasteiger partial charge in [0.2, 0.25) is 5.89 Å². The predicted molar refractivity (Wildman–Crippen MR) is 230 cm³/mol. The lowest BCUT2D eigenvalue weighted by atomic mass is 9.92. The van der Waals surface area contributed by atoms with Gasteiger partial charge < -0.3 is 9.32 Å². The standard InChI is InChI=1S/C52H38N2O/c1-35-22-26-43(27-23-35)54(44-28-29-47-42(33-44)24-30-49-51(47)55-52(53-49)38-15-6-3-7-16-38)50-31-25-40(34-48(50)37-12-4-2-5-13-37)39-18-10-19-41(32-39)46-21-11-17-36-14-8-9-20-45(36)46/h2-22,24-35H,23H2,1H3. The number of hydrogen-bond acceptors (Lipinski definition) is 3. The van der Waals surface area contributed by atoms with Crippen molar-refractivity contribution in [2.24, 2.45) is 5.92 Å². The van der Waals surface area contributed by atoms with Gasteiger partial charge >= 0.3 is 0 Å². The van der Waals surface area contributed by atoms with E-state index in [-0.39, 0.29) is 0 Å². The van der Waals surface area contributed by atoms with Crippen molar-refractivity contribution in [2.45, 2.75) is 13.3 Å². The van der Waals surface area contributed by atoms with E-state index in [4.69, 9.17) is 9.40 Å². The van der Waals surface area contributed by atoms with Gasteiger partial charge in [-0.1, -0.05) is 140 Å². The highest BCUT2D eigenvalue weighted by atomic mass is 16.3. The number of allylic oxidation sites excluding steroid dienone is 3. The predicted octanol–water partition coefficient (Wildman–Crippen LogP) is 14.4. The Labute approximate surface area is 321 Å². The number of benzene rings is 8. The van der Waals surface area contributed by atoms with Crippen LogP contribution in [0.3, 0.4) is 0 Å². The summed E-state index contributed by atoms with van der Waals surface area (Å²) in [6.45, 7) is 2.27. The topological polar surface area (TPSA) is 29.3 Å². The van der Waals surface area contributed by atoms with Crippen molar-refractivity contribution in [1.82, 2.24) is 4.98 Å². The fourth-order valence-electron chi connectivity index (χ4n) is 7.96. The van der Waals surface area contributed by atoms with E-state index in [0.29, 0.717) is 11.8 Å². The lowest BCUT2D eigenvalue weighted by Gasteiger charge is -2.31. The summed E-state index contributed by atoms with van der Waals surface area (Å²) in [6.07, 6.45) is 7.95. The zero-order valence-corrected chi connectivity index (χ0v) is 30.6. The maximum atomic E-state index is 6.42. The summed E-state index contributed by atoms with van der Waals surface area (Å²) in [6, 6.07) is 62.8. The Bertz CT molecular complexity index is 2910. The second-order valence-corrected chi connectivity index (χ2v) is 14.4. The Morgan fingerprint density at radius 3 is 2.11 bits per heavy atom. The summed E-state index contributed by atoms with van der Waals surface area (Å²) in [7, 11) is 0. The van der Waals surface area contributed by atoms with Crippen molar-refractivity contribution in [1.29, 1.82) is 0 Å². The minimum absolute atomic E-state index is 0.491. The fraction of sp³-hybridized carbons (Fsp3) is 0.0577. The minimum atomic E-state index is 0.491. The van der Waals surface area contributed by atoms with Gasteiger partial charge in [0, 0.05) is 27.9 Å². The molecule has 3 heteroatoms. The van der Waals surface area contributed by atoms with Gasteiger partial charge in [0.25, 0.3) is 0 Å². The zero-order valence-electron chi connectivity index (χ0n) is 30.6. The molecule has 1 heterocycles. The molecular weight excluding hydrogens is 669 g/mol. The Morgan fingerprint density at radius 1 is 0.545 bits per heavy atom. The number of anilines is 2. The van der Waals surface area contributed by atoms with Crippen molar-refractivity contribution in [3.8, 4) is 44.8 Å². The Kier molecular flexibility index (Phi) is 8.18. The first-order chi connectivity index (χ1) is 27.2. The van der Waals surface area contributed by atoms with Gasteiger partial charge in [0.1, 0.15) is 5.52 Å². The molecule has 8 aromatic carbocycles. The van der Waals surface area contributed by atoms with Crippen molar-refractivity contribution < 1.29 is 4.42 Å². The van der Waals surface area contributed by atoms with E-state index in [1.165, 1.54) is 44.2 Å². The third-order valence-corrected chi connectivity index (χ3v) is 10.8. The summed E-state index contributed by atoms with van der Waals surface area (Å²) >= 11 is 0. The summed E-state index contributed by atoms with van der Waals surface area (Å²) in [4.78, 5) is 7.25. The highest BCUT2D eigenvalue weighted by Crippen LogP contribution is 2.43. The molecule has 0 radical (unpaired) electrons. The molecule has 1 aliphatic rings. The Hall–Kier alpha value is -6.97. The lowest BCUT2D eigenvalue weighted by Crippen LogP contribution is -2.18. The normalized spacial score (nSPS) is 14.1. The summed E-state index contributed by atoms with van der Waals surface area (Å²) < 4.78 is 6.42. The largest absolute Gasteiger partial charge is 0.435 e. The smallest absolute Gasteiger partial charge is 0.227 e. The van der Waals surface area contributed by atoms with E-state index in [1.54, 1.807) is 0 Å². The first kappa shape index (κ1) is 32.7. The van der Waals surface area contributed by atoms with Gasteiger partial charge in [-0.25, -0.2) is 4.98 Å². The number of hydrogen-bond donors (Lipinski definition) is 0. The van der Waals surface area contributed by atoms with Crippen molar-refractivity contribution in [3.05, 3.63) is 200 Å². The molecule has 1 atom stereocenters. The molecular formula is C52H38N2O. The summed E-state index contributed by atoms with van der Waals surface area (Å²) in [5.74, 6) is 1.13. The monoisotopic (exact) mass is 706 g/mol. The van der Waals surface area contributed by atoms with Gasteiger partial charge in [-0.3, -0.25) is 0 Å². The van der Waals surface area contributed by atoms with Crippen molar-refractivity contribution in [2.75, 3.05) is 4.90 Å². The van der Waals surface area contributed by atoms with Crippen molar-refractivity contribution >= 4 is 44.0 Å². The molecule has 1 aromatic heterocycles. The van der Waals surface area contributed by atoms with Crippen LogP contribution in [0.1, 0.15) is 13.3 Å². The highest BCUT2D eigenvalue weighted by molar-refractivity contribution is 6.05. The van der Waals surface area contributed by atoms with Crippen molar-refractivity contribution in [3.63, 3.8) is 0 Å². The molecule has 9 aromatic rings. The summed E-state index contributed by atoms with van der Waals surface area (Å²) in [5, 5.41) is 4.65. The van der Waals surface area contributed by atoms with Gasteiger partial charge in [-0.2, -0.15) is 0 Å². The zero-order chi connectivity index (χ0) is 36.7. The second-order valence-electron chi connectivity index (χ2n) is 14.4. The molecule has 0 saturated carbocycles. The average molecular weight is 707 g/mol. The molecule has 0 aliphatic heterocycles. The average Bonchev–Trinajstić information content (AvgIpc) is 3.70. The van der Waals surface area contributed by atoms with E-state index in [0.717, 1.165) is 50.9 Å². The van der Waals surface area contributed by atoms with Gasteiger partial charge in [0.05, 0.1) is 5.69 Å². The minimum Gasteiger partial charge on any atom is -0.435 e. The molecule has 10 rings (SSSR count). The highest BCUT2D eigenvalue weighted by Gasteiger charge is 2.22. The van der Waals surface area contributed by atoms with Crippen LogP contribution in [0.4, 0.5) is 11.4 Å². The molecule has 3 nitrogen and oxygen atoms in total. The third kappa shape index (κ3) is 6.10. The SMILES string of the molecule is CC1C=CC(N(c2ccc3c(ccc4nc(-c5ccccc5)oc43)c2)c2ccc(-c3cccc(-c4cccc5ccccc45)c3)cc2-c2ccccc2)=CC1. The third-order valence-electron chi connectivity index (χ3n) is 10.8. The Morgan fingerprint density at radius 2 is 1.27 bits per heavy atom. The van der Waals surface area contributed by atoms with Crippen LogP contribution in [-0.4, -0.2) is 4.98 Å². The number of nitrogens with zero attached hydrogens (tertiary/aromatic N) is 2. The number of fused-ring (bicyclic) bond motifs is 4. The number of oxazole rings is 1. The van der Waals surface area contributed by atoms with Crippen LogP contribution >= 0.6 is 0 Å². The maximum absolute atomic E-state index is 6.42. The molecule has 0 amide bonds. The second kappa shape index (κ2) is 13.8. The van der Waals surface area contributed by atoms with E-state index in [2.05, 4.69) is 176 Å².